The number of carbonyl (C=O) groups is 2. The number of nitrogens with zero attached hydrogens (tertiary/aromatic N) is 2. The first-order valence-electron chi connectivity index (χ1n) is 8.51. The van der Waals surface area contributed by atoms with Crippen molar-refractivity contribution in [1.82, 2.24) is 15.2 Å². The van der Waals surface area contributed by atoms with Gasteiger partial charge in [-0.05, 0) is 30.0 Å². The van der Waals surface area contributed by atoms with Crippen molar-refractivity contribution in [3.8, 4) is 0 Å². The SMILES string of the molecule is CC(C)CCNC(=O)c1cc(C(=O)N(C)Cc2ccccc2)ccn1. The van der Waals surface area contributed by atoms with Gasteiger partial charge in [-0.15, -0.1) is 0 Å². The lowest BCUT2D eigenvalue weighted by Gasteiger charge is -2.17. The number of carbonyl (C=O) groups excluding carboxylic acids is 2. The summed E-state index contributed by atoms with van der Waals surface area (Å²) in [6.07, 6.45) is 2.41. The van der Waals surface area contributed by atoms with Crippen LogP contribution in [0.4, 0.5) is 0 Å². The van der Waals surface area contributed by atoms with Crippen molar-refractivity contribution in [3.63, 3.8) is 0 Å². The van der Waals surface area contributed by atoms with Crippen LogP contribution in [0.15, 0.2) is 48.7 Å². The van der Waals surface area contributed by atoms with Gasteiger partial charge in [0.1, 0.15) is 5.69 Å². The summed E-state index contributed by atoms with van der Waals surface area (Å²) in [5, 5.41) is 2.84. The molecule has 1 heterocycles. The van der Waals surface area contributed by atoms with Crippen LogP contribution < -0.4 is 5.32 Å². The van der Waals surface area contributed by atoms with Gasteiger partial charge in [0, 0.05) is 31.9 Å². The van der Waals surface area contributed by atoms with Gasteiger partial charge in [-0.25, -0.2) is 0 Å². The fourth-order valence-electron chi connectivity index (χ4n) is 2.40. The molecule has 5 nitrogen and oxygen atoms in total. The van der Waals surface area contributed by atoms with Crippen molar-refractivity contribution in [2.75, 3.05) is 13.6 Å². The average molecular weight is 339 g/mol. The highest BCUT2D eigenvalue weighted by molar-refractivity contribution is 5.98. The molecule has 132 valence electrons. The topological polar surface area (TPSA) is 62.3 Å². The van der Waals surface area contributed by atoms with E-state index in [-0.39, 0.29) is 17.5 Å². The molecule has 0 radical (unpaired) electrons. The smallest absolute Gasteiger partial charge is 0.269 e. The van der Waals surface area contributed by atoms with E-state index in [2.05, 4.69) is 24.1 Å². The van der Waals surface area contributed by atoms with Crippen LogP contribution in [0.3, 0.4) is 0 Å². The highest BCUT2D eigenvalue weighted by Gasteiger charge is 2.15. The van der Waals surface area contributed by atoms with E-state index < -0.39 is 0 Å². The second-order valence-electron chi connectivity index (χ2n) is 6.51. The van der Waals surface area contributed by atoms with Crippen LogP contribution in [0, 0.1) is 5.92 Å². The minimum absolute atomic E-state index is 0.137. The quantitative estimate of drug-likeness (QED) is 0.843. The molecule has 2 amide bonds. The largest absolute Gasteiger partial charge is 0.351 e. The first kappa shape index (κ1) is 18.6. The normalized spacial score (nSPS) is 10.6. The summed E-state index contributed by atoms with van der Waals surface area (Å²) in [7, 11) is 1.75. The average Bonchev–Trinajstić information content (AvgIpc) is 2.61. The number of amides is 2. The Bertz CT molecular complexity index is 714. The fourth-order valence-corrected chi connectivity index (χ4v) is 2.40. The number of nitrogens with one attached hydrogen (secondary N) is 1. The zero-order valence-electron chi connectivity index (χ0n) is 15.0. The van der Waals surface area contributed by atoms with Crippen LogP contribution in [0.1, 0.15) is 46.7 Å². The predicted octanol–water partition coefficient (Wildman–Crippen LogP) is 3.13. The maximum atomic E-state index is 12.6. The third kappa shape index (κ3) is 5.71. The Morgan fingerprint density at radius 2 is 1.88 bits per heavy atom. The molecule has 0 fully saturated rings. The van der Waals surface area contributed by atoms with Gasteiger partial charge in [-0.3, -0.25) is 14.6 Å². The highest BCUT2D eigenvalue weighted by Crippen LogP contribution is 2.09. The molecule has 2 rings (SSSR count). The van der Waals surface area contributed by atoms with E-state index >= 15 is 0 Å². The van der Waals surface area contributed by atoms with E-state index in [9.17, 15) is 9.59 Å². The number of hydrogen-bond acceptors (Lipinski definition) is 3. The number of pyridine rings is 1. The third-order valence-corrected chi connectivity index (χ3v) is 3.86. The Labute approximate surface area is 149 Å². The molecule has 0 aliphatic rings. The van der Waals surface area contributed by atoms with Crippen molar-refractivity contribution in [2.45, 2.75) is 26.8 Å². The van der Waals surface area contributed by atoms with Gasteiger partial charge in [0.25, 0.3) is 11.8 Å². The van der Waals surface area contributed by atoms with Gasteiger partial charge in [0.15, 0.2) is 0 Å². The second-order valence-corrected chi connectivity index (χ2v) is 6.51. The van der Waals surface area contributed by atoms with Crippen LogP contribution in [-0.4, -0.2) is 35.3 Å². The van der Waals surface area contributed by atoms with Crippen molar-refractivity contribution in [3.05, 3.63) is 65.5 Å². The number of aromatic nitrogens is 1. The lowest BCUT2D eigenvalue weighted by atomic mass is 10.1. The van der Waals surface area contributed by atoms with E-state index in [0.29, 0.717) is 24.6 Å². The lowest BCUT2D eigenvalue weighted by Crippen LogP contribution is -2.28. The molecule has 1 aromatic heterocycles. The van der Waals surface area contributed by atoms with E-state index in [1.807, 2.05) is 30.3 Å². The highest BCUT2D eigenvalue weighted by atomic mass is 16.2. The number of hydrogen-bond donors (Lipinski definition) is 1. The number of benzene rings is 1. The molecule has 1 N–H and O–H groups in total. The second kappa shape index (κ2) is 8.97. The van der Waals surface area contributed by atoms with Crippen LogP contribution in [0.25, 0.3) is 0 Å². The van der Waals surface area contributed by atoms with Crippen LogP contribution in [0.2, 0.25) is 0 Å². The maximum Gasteiger partial charge on any atom is 0.269 e. The summed E-state index contributed by atoms with van der Waals surface area (Å²) in [6, 6.07) is 13.0. The number of rotatable bonds is 7. The summed E-state index contributed by atoms with van der Waals surface area (Å²) < 4.78 is 0. The lowest BCUT2D eigenvalue weighted by molar-refractivity contribution is 0.0785. The van der Waals surface area contributed by atoms with Gasteiger partial charge in [-0.1, -0.05) is 44.2 Å². The van der Waals surface area contributed by atoms with E-state index in [0.717, 1.165) is 12.0 Å². The summed E-state index contributed by atoms with van der Waals surface area (Å²) in [4.78, 5) is 30.5. The first-order chi connectivity index (χ1) is 12.0. The standard InChI is InChI=1S/C20H25N3O2/c1-15(2)9-11-22-19(24)18-13-17(10-12-21-18)20(25)23(3)14-16-7-5-4-6-8-16/h4-8,10,12-13,15H,9,11,14H2,1-3H3,(H,22,24). The zero-order chi connectivity index (χ0) is 18.2. The molecule has 25 heavy (non-hydrogen) atoms. The molecule has 0 atom stereocenters. The van der Waals surface area contributed by atoms with Gasteiger partial charge in [0.2, 0.25) is 0 Å². The van der Waals surface area contributed by atoms with E-state index in [1.165, 1.54) is 6.20 Å². The summed E-state index contributed by atoms with van der Waals surface area (Å²) in [5.74, 6) is 0.135. The molecule has 0 bridgehead atoms. The van der Waals surface area contributed by atoms with Crippen molar-refractivity contribution in [1.29, 1.82) is 0 Å². The summed E-state index contributed by atoms with van der Waals surface area (Å²) >= 11 is 0. The molecular weight excluding hydrogens is 314 g/mol. The van der Waals surface area contributed by atoms with Crippen molar-refractivity contribution in [2.24, 2.45) is 5.92 Å². The monoisotopic (exact) mass is 339 g/mol. The molecule has 0 aliphatic carbocycles. The molecule has 0 saturated carbocycles. The molecule has 1 aromatic carbocycles. The van der Waals surface area contributed by atoms with Crippen LogP contribution >= 0.6 is 0 Å². The van der Waals surface area contributed by atoms with Gasteiger partial charge < -0.3 is 10.2 Å². The maximum absolute atomic E-state index is 12.6. The predicted molar refractivity (Wildman–Crippen MR) is 98.3 cm³/mol. The molecule has 5 heteroatoms. The Kier molecular flexibility index (Phi) is 6.69. The molecule has 2 aromatic rings. The molecule has 0 spiro atoms. The first-order valence-corrected chi connectivity index (χ1v) is 8.51. The Morgan fingerprint density at radius 1 is 1.16 bits per heavy atom. The molecule has 0 aliphatic heterocycles. The van der Waals surface area contributed by atoms with Gasteiger partial charge in [0.05, 0.1) is 0 Å². The van der Waals surface area contributed by atoms with Crippen molar-refractivity contribution >= 4 is 11.8 Å². The van der Waals surface area contributed by atoms with E-state index in [1.54, 1.807) is 24.1 Å². The van der Waals surface area contributed by atoms with Crippen LogP contribution in [-0.2, 0) is 6.54 Å². The van der Waals surface area contributed by atoms with Gasteiger partial charge >= 0.3 is 0 Å². The van der Waals surface area contributed by atoms with Crippen LogP contribution in [0.5, 0.6) is 0 Å². The minimum Gasteiger partial charge on any atom is -0.351 e. The Hall–Kier alpha value is -2.69. The molecule has 0 unspecified atom stereocenters. The van der Waals surface area contributed by atoms with E-state index in [4.69, 9.17) is 0 Å². The van der Waals surface area contributed by atoms with Crippen molar-refractivity contribution < 1.29 is 9.59 Å². The Morgan fingerprint density at radius 3 is 2.56 bits per heavy atom. The van der Waals surface area contributed by atoms with Gasteiger partial charge in [-0.2, -0.15) is 0 Å². The minimum atomic E-state index is -0.249. The zero-order valence-corrected chi connectivity index (χ0v) is 15.0. The molecule has 0 saturated heterocycles. The third-order valence-electron chi connectivity index (χ3n) is 3.86. The summed E-state index contributed by atoms with van der Waals surface area (Å²) in [6.45, 7) is 5.32. The molecular formula is C20H25N3O2. The summed E-state index contributed by atoms with van der Waals surface area (Å²) in [5.41, 5.74) is 1.78. The fraction of sp³-hybridized carbons (Fsp3) is 0.350. The Balaban J connectivity index is 2.01.